The van der Waals surface area contributed by atoms with E-state index in [2.05, 4.69) is 4.98 Å². The smallest absolute Gasteiger partial charge is 0.217 e. The molecule has 0 saturated heterocycles. The van der Waals surface area contributed by atoms with Gasteiger partial charge in [-0.3, -0.25) is 0 Å². The molecule has 1 aromatic heterocycles. The number of rotatable bonds is 3. The monoisotopic (exact) mass is 170 g/mol. The molecule has 0 aliphatic carbocycles. The number of nitrogens with two attached hydrogens (primary N) is 1. The normalized spacial score (nSPS) is 9.92. The number of pyridine rings is 1. The second-order valence-corrected chi connectivity index (χ2v) is 2.25. The van der Waals surface area contributed by atoms with E-state index >= 15 is 0 Å². The van der Waals surface area contributed by atoms with Crippen LogP contribution in [0, 0.1) is 5.82 Å². The van der Waals surface area contributed by atoms with Crippen molar-refractivity contribution in [3.63, 3.8) is 0 Å². The maximum Gasteiger partial charge on any atom is 0.217 e. The topological polar surface area (TPSA) is 48.1 Å². The fraction of sp³-hybridized carbons (Fsp3) is 0.375. The van der Waals surface area contributed by atoms with Crippen LogP contribution in [0.3, 0.4) is 0 Å². The maximum absolute atomic E-state index is 12.6. The summed E-state index contributed by atoms with van der Waals surface area (Å²) < 4.78 is 17.7. The first kappa shape index (κ1) is 8.93. The average molecular weight is 170 g/mol. The molecule has 0 bridgehead atoms. The van der Waals surface area contributed by atoms with Crippen LogP contribution in [0.1, 0.15) is 12.5 Å². The van der Waals surface area contributed by atoms with Crippen molar-refractivity contribution in [2.45, 2.75) is 13.5 Å². The van der Waals surface area contributed by atoms with Crippen molar-refractivity contribution in [3.8, 4) is 5.88 Å². The van der Waals surface area contributed by atoms with Crippen LogP contribution in [0.2, 0.25) is 0 Å². The molecule has 0 amide bonds. The Morgan fingerprint density at radius 1 is 1.67 bits per heavy atom. The summed E-state index contributed by atoms with van der Waals surface area (Å²) in [6, 6.07) is 1.33. The molecule has 0 aromatic carbocycles. The lowest BCUT2D eigenvalue weighted by atomic mass is 10.3. The Bertz CT molecular complexity index is 265. The minimum Gasteiger partial charge on any atom is -0.478 e. The molecule has 2 N–H and O–H groups in total. The standard InChI is InChI=1S/C8H11FN2O/c1-2-12-8-6(4-10)3-7(9)5-11-8/h3,5H,2,4,10H2,1H3. The molecule has 0 aliphatic heterocycles. The van der Waals surface area contributed by atoms with E-state index in [1.54, 1.807) is 0 Å². The third kappa shape index (κ3) is 1.92. The number of nitrogens with zero attached hydrogens (tertiary/aromatic N) is 1. The van der Waals surface area contributed by atoms with Crippen LogP contribution < -0.4 is 10.5 Å². The lowest BCUT2D eigenvalue weighted by Gasteiger charge is -2.06. The molecule has 3 nitrogen and oxygen atoms in total. The van der Waals surface area contributed by atoms with Gasteiger partial charge in [0.05, 0.1) is 12.8 Å². The Morgan fingerprint density at radius 2 is 2.42 bits per heavy atom. The summed E-state index contributed by atoms with van der Waals surface area (Å²) in [5.74, 6) is 0.0281. The first-order valence-electron chi connectivity index (χ1n) is 3.75. The third-order valence-electron chi connectivity index (χ3n) is 1.39. The van der Waals surface area contributed by atoms with Gasteiger partial charge in [0.2, 0.25) is 5.88 Å². The molecule has 1 aromatic rings. The van der Waals surface area contributed by atoms with E-state index in [9.17, 15) is 4.39 Å². The summed E-state index contributed by atoms with van der Waals surface area (Å²) in [4.78, 5) is 3.76. The van der Waals surface area contributed by atoms with Gasteiger partial charge in [0.25, 0.3) is 0 Å². The SMILES string of the molecule is CCOc1ncc(F)cc1CN. The molecule has 0 atom stereocenters. The predicted molar refractivity (Wildman–Crippen MR) is 43.3 cm³/mol. The Labute approximate surface area is 70.4 Å². The fourth-order valence-corrected chi connectivity index (χ4v) is 0.882. The van der Waals surface area contributed by atoms with Crippen LogP contribution in [0.4, 0.5) is 4.39 Å². The van der Waals surface area contributed by atoms with Gasteiger partial charge in [-0.15, -0.1) is 0 Å². The van der Waals surface area contributed by atoms with Crippen LogP contribution in [0.15, 0.2) is 12.3 Å². The largest absolute Gasteiger partial charge is 0.478 e. The second kappa shape index (κ2) is 4.01. The van der Waals surface area contributed by atoms with Gasteiger partial charge in [-0.05, 0) is 13.0 Å². The first-order chi connectivity index (χ1) is 5.77. The number of ether oxygens (including phenoxy) is 1. The highest BCUT2D eigenvalue weighted by molar-refractivity contribution is 5.25. The van der Waals surface area contributed by atoms with Gasteiger partial charge in [-0.1, -0.05) is 0 Å². The van der Waals surface area contributed by atoms with Gasteiger partial charge in [-0.25, -0.2) is 9.37 Å². The summed E-state index contributed by atoms with van der Waals surface area (Å²) in [7, 11) is 0. The summed E-state index contributed by atoms with van der Waals surface area (Å²) in [6.07, 6.45) is 1.12. The Kier molecular flexibility index (Phi) is 2.99. The number of halogens is 1. The quantitative estimate of drug-likeness (QED) is 0.738. The van der Waals surface area contributed by atoms with Gasteiger partial charge in [0.1, 0.15) is 5.82 Å². The zero-order valence-electron chi connectivity index (χ0n) is 6.88. The Balaban J connectivity index is 2.94. The molecular formula is C8H11FN2O. The lowest BCUT2D eigenvalue weighted by molar-refractivity contribution is 0.321. The third-order valence-corrected chi connectivity index (χ3v) is 1.39. The minimum absolute atomic E-state index is 0.236. The van der Waals surface area contributed by atoms with E-state index in [0.29, 0.717) is 18.1 Å². The molecule has 4 heteroatoms. The Hall–Kier alpha value is -1.16. The van der Waals surface area contributed by atoms with Crippen LogP contribution in [-0.4, -0.2) is 11.6 Å². The van der Waals surface area contributed by atoms with Crippen molar-refractivity contribution < 1.29 is 9.13 Å². The summed E-state index contributed by atoms with van der Waals surface area (Å²) in [5.41, 5.74) is 5.96. The van der Waals surface area contributed by atoms with Crippen LogP contribution in [0.5, 0.6) is 5.88 Å². The molecule has 12 heavy (non-hydrogen) atoms. The zero-order valence-corrected chi connectivity index (χ0v) is 6.88. The van der Waals surface area contributed by atoms with Crippen molar-refractivity contribution >= 4 is 0 Å². The van der Waals surface area contributed by atoms with E-state index in [0.717, 1.165) is 6.20 Å². The highest BCUT2D eigenvalue weighted by Crippen LogP contribution is 2.14. The van der Waals surface area contributed by atoms with Gasteiger partial charge >= 0.3 is 0 Å². The molecule has 0 radical (unpaired) electrons. The van der Waals surface area contributed by atoms with Crippen molar-refractivity contribution in [1.82, 2.24) is 4.98 Å². The molecule has 0 unspecified atom stereocenters. The molecule has 0 fully saturated rings. The second-order valence-electron chi connectivity index (χ2n) is 2.25. The van der Waals surface area contributed by atoms with Gasteiger partial charge in [0.15, 0.2) is 0 Å². The summed E-state index contributed by atoms with van der Waals surface area (Å²) in [6.45, 7) is 2.58. The van der Waals surface area contributed by atoms with Crippen molar-refractivity contribution in [2.75, 3.05) is 6.61 Å². The summed E-state index contributed by atoms with van der Waals surface area (Å²) >= 11 is 0. The number of hydrogen-bond donors (Lipinski definition) is 1. The molecule has 66 valence electrons. The fourth-order valence-electron chi connectivity index (χ4n) is 0.882. The zero-order chi connectivity index (χ0) is 8.97. The minimum atomic E-state index is -0.390. The first-order valence-corrected chi connectivity index (χ1v) is 3.75. The number of hydrogen-bond acceptors (Lipinski definition) is 3. The molecule has 1 heterocycles. The van der Waals surface area contributed by atoms with E-state index < -0.39 is 0 Å². The average Bonchev–Trinajstić information content (AvgIpc) is 2.08. The van der Waals surface area contributed by atoms with Crippen LogP contribution in [0.25, 0.3) is 0 Å². The van der Waals surface area contributed by atoms with E-state index in [1.807, 2.05) is 6.92 Å². The van der Waals surface area contributed by atoms with Gasteiger partial charge < -0.3 is 10.5 Å². The number of aromatic nitrogens is 1. The highest BCUT2D eigenvalue weighted by atomic mass is 19.1. The van der Waals surface area contributed by atoms with Crippen LogP contribution >= 0.6 is 0 Å². The van der Waals surface area contributed by atoms with E-state index in [-0.39, 0.29) is 12.4 Å². The van der Waals surface area contributed by atoms with E-state index in [1.165, 1.54) is 6.07 Å². The molecule has 0 saturated carbocycles. The molecule has 0 aliphatic rings. The van der Waals surface area contributed by atoms with Crippen molar-refractivity contribution in [3.05, 3.63) is 23.6 Å². The van der Waals surface area contributed by atoms with Gasteiger partial charge in [-0.2, -0.15) is 0 Å². The Morgan fingerprint density at radius 3 is 3.00 bits per heavy atom. The van der Waals surface area contributed by atoms with Gasteiger partial charge in [0, 0.05) is 12.1 Å². The van der Waals surface area contributed by atoms with Crippen molar-refractivity contribution in [2.24, 2.45) is 5.73 Å². The maximum atomic E-state index is 12.6. The van der Waals surface area contributed by atoms with Crippen LogP contribution in [-0.2, 0) is 6.54 Å². The summed E-state index contributed by atoms with van der Waals surface area (Å²) in [5, 5.41) is 0. The highest BCUT2D eigenvalue weighted by Gasteiger charge is 2.03. The molecular weight excluding hydrogens is 159 g/mol. The molecule has 1 rings (SSSR count). The van der Waals surface area contributed by atoms with Crippen molar-refractivity contribution in [1.29, 1.82) is 0 Å². The lowest BCUT2D eigenvalue weighted by Crippen LogP contribution is -2.04. The predicted octanol–water partition coefficient (Wildman–Crippen LogP) is 1.08. The van der Waals surface area contributed by atoms with E-state index in [4.69, 9.17) is 10.5 Å². The molecule has 0 spiro atoms.